The number of piperazine rings is 1. The number of anilines is 2. The van der Waals surface area contributed by atoms with E-state index in [4.69, 9.17) is 16.2 Å². The number of carbonyl (C=O) groups is 1. The Hall–Kier alpha value is -3.67. The zero-order valence-electron chi connectivity index (χ0n) is 25.0. The summed E-state index contributed by atoms with van der Waals surface area (Å²) in [7, 11) is 0. The molecule has 10 nitrogen and oxygen atoms in total. The van der Waals surface area contributed by atoms with Gasteiger partial charge >= 0.3 is 12.1 Å². The number of rotatable bonds is 8. The third-order valence-corrected chi connectivity index (χ3v) is 9.97. The Morgan fingerprint density at radius 1 is 1.29 bits per heavy atom. The molecule has 42 heavy (non-hydrogen) atoms. The molecule has 1 aromatic rings. The summed E-state index contributed by atoms with van der Waals surface area (Å²) in [5.74, 6) is -1.30. The fraction of sp³-hybridized carbons (Fsp3) is 0.613. The monoisotopic (exact) mass is 577 g/mol. The molecule has 0 bridgehead atoms. The third-order valence-electron chi connectivity index (χ3n) is 9.97. The predicted molar refractivity (Wildman–Crippen MR) is 160 cm³/mol. The number of allylic oxidation sites excluding steroid dienone is 2. The molecule has 4 aliphatic rings. The first-order valence-electron chi connectivity index (χ1n) is 14.8. The number of halogens is 1. The van der Waals surface area contributed by atoms with E-state index in [2.05, 4.69) is 59.0 Å². The summed E-state index contributed by atoms with van der Waals surface area (Å²) in [6, 6.07) is 5.23. The highest BCUT2D eigenvalue weighted by molar-refractivity contribution is 6.06. The van der Waals surface area contributed by atoms with Crippen molar-refractivity contribution in [1.29, 1.82) is 5.26 Å². The number of hydrogen-bond donors (Lipinski definition) is 3. The van der Waals surface area contributed by atoms with E-state index in [9.17, 15) is 10.1 Å². The van der Waals surface area contributed by atoms with E-state index in [0.29, 0.717) is 19.1 Å². The zero-order chi connectivity index (χ0) is 30.3. The highest BCUT2D eigenvalue weighted by Crippen LogP contribution is 2.68. The van der Waals surface area contributed by atoms with Gasteiger partial charge in [0.05, 0.1) is 54.4 Å². The number of nitrogens with two attached hydrogens (primary N) is 2. The first kappa shape index (κ1) is 29.8. The number of carbonyl (C=O) groups excluding carboxylic acids is 1. The second kappa shape index (κ2) is 11.2. The van der Waals surface area contributed by atoms with Gasteiger partial charge in [0, 0.05) is 33.1 Å². The van der Waals surface area contributed by atoms with E-state index in [1.807, 2.05) is 4.90 Å². The largest absolute Gasteiger partial charge is 0.385 e. The number of pyridine rings is 1. The van der Waals surface area contributed by atoms with Gasteiger partial charge in [-0.1, -0.05) is 31.7 Å². The highest BCUT2D eigenvalue weighted by atomic mass is 19.1. The van der Waals surface area contributed by atoms with Crippen LogP contribution in [0, 0.1) is 39.5 Å². The van der Waals surface area contributed by atoms with Crippen molar-refractivity contribution in [3.05, 3.63) is 46.1 Å². The summed E-state index contributed by atoms with van der Waals surface area (Å²) in [6.07, 6.45) is 8.32. The lowest BCUT2D eigenvalue weighted by Gasteiger charge is -2.43. The molecule has 3 unspecified atom stereocenters. The van der Waals surface area contributed by atoms with Crippen LogP contribution < -0.4 is 21.7 Å². The maximum absolute atomic E-state index is 15.1. The van der Waals surface area contributed by atoms with Gasteiger partial charge in [0.25, 0.3) is 5.91 Å². The van der Waals surface area contributed by atoms with Gasteiger partial charge < -0.3 is 26.4 Å². The zero-order valence-corrected chi connectivity index (χ0v) is 25.0. The maximum atomic E-state index is 15.1. The molecule has 2 aliphatic carbocycles. The molecule has 4 fully saturated rings. The average molecular weight is 578 g/mol. The fourth-order valence-corrected chi connectivity index (χ4v) is 6.25. The van der Waals surface area contributed by atoms with E-state index in [1.54, 1.807) is 6.92 Å². The Bertz CT molecular complexity index is 1400. The summed E-state index contributed by atoms with van der Waals surface area (Å²) in [4.78, 5) is 26.3. The van der Waals surface area contributed by atoms with E-state index >= 15 is 4.39 Å². The second-order valence-electron chi connectivity index (χ2n) is 12.7. The molecule has 1 amide bonds. The topological polar surface area (TPSA) is 138 Å². The van der Waals surface area contributed by atoms with Crippen LogP contribution in [0.4, 0.5) is 15.8 Å². The van der Waals surface area contributed by atoms with E-state index in [-0.39, 0.29) is 33.6 Å². The summed E-state index contributed by atoms with van der Waals surface area (Å²) in [5.41, 5.74) is 12.9. The third kappa shape index (κ3) is 5.56. The van der Waals surface area contributed by atoms with Gasteiger partial charge in [-0.3, -0.25) is 14.7 Å². The summed E-state index contributed by atoms with van der Waals surface area (Å²) < 4.78 is 20.4. The van der Waals surface area contributed by atoms with E-state index in [1.165, 1.54) is 6.20 Å². The van der Waals surface area contributed by atoms with E-state index < -0.39 is 23.2 Å². The minimum atomic E-state index is -0.754. The van der Waals surface area contributed by atoms with Crippen LogP contribution in [0.15, 0.2) is 35.4 Å². The Balaban J connectivity index is 1.34. The van der Waals surface area contributed by atoms with Crippen molar-refractivity contribution in [2.24, 2.45) is 27.7 Å². The SMILES string of the molecule is CCC1(C)CC1(C)/C=C(\C#[N+]C(C)C(C(=O)Nc1cncc(F)c1N1CCN(C2COC2)CC1)=C(N)N)C1(C#N)CC1. The van der Waals surface area contributed by atoms with Crippen molar-refractivity contribution < 1.29 is 13.9 Å². The first-order chi connectivity index (χ1) is 20.0. The van der Waals surface area contributed by atoms with Crippen molar-refractivity contribution in [2.45, 2.75) is 65.5 Å². The number of nitriles is 1. The van der Waals surface area contributed by atoms with Gasteiger partial charge in [-0.15, -0.1) is 0 Å². The molecule has 0 radical (unpaired) electrons. The summed E-state index contributed by atoms with van der Waals surface area (Å²) >= 11 is 0. The summed E-state index contributed by atoms with van der Waals surface area (Å²) in [5, 5.41) is 12.7. The van der Waals surface area contributed by atoms with Crippen molar-refractivity contribution in [1.82, 2.24) is 9.88 Å². The van der Waals surface area contributed by atoms with Crippen LogP contribution >= 0.6 is 0 Å². The van der Waals surface area contributed by atoms with Crippen LogP contribution in [0.2, 0.25) is 0 Å². The number of ether oxygens (including phenoxy) is 1. The lowest BCUT2D eigenvalue weighted by molar-refractivity contribution is -0.113. The number of nitrogens with zero attached hydrogens (tertiary/aromatic N) is 5. The molecule has 0 aromatic carbocycles. The Morgan fingerprint density at radius 2 is 1.98 bits per heavy atom. The van der Waals surface area contributed by atoms with Crippen LogP contribution in [0.5, 0.6) is 0 Å². The van der Waals surface area contributed by atoms with Crippen molar-refractivity contribution in [3.8, 4) is 12.1 Å². The maximum Gasteiger partial charge on any atom is 0.308 e. The molecule has 2 saturated carbocycles. The predicted octanol–water partition coefficient (Wildman–Crippen LogP) is 3.59. The average Bonchev–Trinajstić information content (AvgIpc) is 3.82. The number of aromatic nitrogens is 1. The van der Waals surface area contributed by atoms with Crippen LogP contribution in [0.3, 0.4) is 0 Å². The minimum Gasteiger partial charge on any atom is -0.385 e. The van der Waals surface area contributed by atoms with Crippen LogP contribution in [-0.4, -0.2) is 67.3 Å². The van der Waals surface area contributed by atoms with Gasteiger partial charge in [0.2, 0.25) is 0 Å². The highest BCUT2D eigenvalue weighted by Gasteiger charge is 2.60. The molecule has 2 aliphatic heterocycles. The van der Waals surface area contributed by atoms with Gasteiger partial charge in [0.1, 0.15) is 17.1 Å². The normalized spacial score (nSPS) is 27.5. The Labute approximate surface area is 247 Å². The lowest BCUT2D eigenvalue weighted by atomic mass is 9.88. The lowest BCUT2D eigenvalue weighted by Crippen LogP contribution is -2.56. The van der Waals surface area contributed by atoms with Gasteiger partial charge in [0.15, 0.2) is 5.82 Å². The van der Waals surface area contributed by atoms with E-state index in [0.717, 1.165) is 63.8 Å². The molecule has 5 N–H and O–H groups in total. The second-order valence-corrected chi connectivity index (χ2v) is 12.7. The van der Waals surface area contributed by atoms with Crippen LogP contribution in [0.1, 0.15) is 53.4 Å². The van der Waals surface area contributed by atoms with Crippen molar-refractivity contribution in [2.75, 3.05) is 49.6 Å². The molecule has 11 heteroatoms. The van der Waals surface area contributed by atoms with Crippen molar-refractivity contribution >= 4 is 17.3 Å². The minimum absolute atomic E-state index is 0.0316. The Kier molecular flexibility index (Phi) is 7.95. The first-order valence-corrected chi connectivity index (χ1v) is 14.8. The molecular formula is C31H42FN8O2+. The van der Waals surface area contributed by atoms with Crippen LogP contribution in [-0.2, 0) is 9.53 Å². The molecule has 2 saturated heterocycles. The fourth-order valence-electron chi connectivity index (χ4n) is 6.25. The quantitative estimate of drug-likeness (QED) is 0.315. The number of amides is 1. The molecule has 1 aromatic heterocycles. The summed E-state index contributed by atoms with van der Waals surface area (Å²) in [6.45, 7) is 12.5. The molecule has 3 atom stereocenters. The van der Waals surface area contributed by atoms with Crippen LogP contribution in [0.25, 0.3) is 4.85 Å². The standard InChI is InChI=1S/C31H41FN8O2/c1-5-29(3)18-30(29,4)12-21(31(19-33)6-7-31)13-37-20(2)25(27(34)35)28(41)38-24-15-36-14-23(32)26(24)40-10-8-39(9-11-40)22-16-42-17-22/h12,14-15,20,22H,5-11,16-18H2,1-4H3,(H4-,34,35,38,41)/p+1/b21-12+. The Morgan fingerprint density at radius 3 is 2.50 bits per heavy atom. The molecule has 3 heterocycles. The smallest absolute Gasteiger partial charge is 0.308 e. The molecule has 0 spiro atoms. The van der Waals surface area contributed by atoms with Crippen molar-refractivity contribution in [3.63, 3.8) is 0 Å². The van der Waals surface area contributed by atoms with Gasteiger partial charge in [-0.05, 0) is 36.5 Å². The van der Waals surface area contributed by atoms with Gasteiger partial charge in [-0.25, -0.2) is 4.39 Å². The molecule has 224 valence electrons. The van der Waals surface area contributed by atoms with Gasteiger partial charge in [-0.2, -0.15) is 5.26 Å². The molecular weight excluding hydrogens is 535 g/mol. The number of nitrogens with one attached hydrogen (secondary N) is 1. The number of hydrogen-bond acceptors (Lipinski definition) is 8. The molecule has 5 rings (SSSR count).